The largest absolute Gasteiger partial charge is 0.440 e. The quantitative estimate of drug-likeness (QED) is 0.132. The van der Waals surface area contributed by atoms with E-state index in [0.717, 1.165) is 55.1 Å². The average molecular weight is 1050 g/mol. The zero-order valence-electron chi connectivity index (χ0n) is 27.5. The Morgan fingerprint density at radius 3 is 1.73 bits per heavy atom. The van der Waals surface area contributed by atoms with Crippen LogP contribution in [0.3, 0.4) is 0 Å². The molecular formula is C42H31Cl2I3N2O2. The number of halogens is 5. The lowest BCUT2D eigenvalue weighted by atomic mass is 10.1. The number of hydrogen-bond acceptors (Lipinski definition) is 2. The monoisotopic (exact) mass is 1050 g/mol. The molecule has 0 bridgehead atoms. The molecule has 4 heterocycles. The Hall–Kier alpha value is -3.23. The van der Waals surface area contributed by atoms with Crippen molar-refractivity contribution in [3.05, 3.63) is 159 Å². The van der Waals surface area contributed by atoms with E-state index >= 15 is 0 Å². The van der Waals surface area contributed by atoms with E-state index < -0.39 is 0 Å². The molecular weight excluding hydrogens is 1020 g/mol. The fraction of sp³-hybridized carbons (Fsp3) is 0.0476. The highest BCUT2D eigenvalue weighted by atomic mass is 127. The first kappa shape index (κ1) is 37.5. The van der Waals surface area contributed by atoms with Gasteiger partial charge < -0.3 is 13.8 Å². The first-order chi connectivity index (χ1) is 25.0. The van der Waals surface area contributed by atoms with Gasteiger partial charge in [0.05, 0.1) is 22.0 Å². The van der Waals surface area contributed by atoms with Crippen LogP contribution < -0.4 is 0 Å². The van der Waals surface area contributed by atoms with Crippen LogP contribution in [0.1, 0.15) is 0 Å². The molecule has 0 saturated heterocycles. The summed E-state index contributed by atoms with van der Waals surface area (Å²) in [6, 6.07) is 48.5. The molecule has 0 saturated carbocycles. The normalized spacial score (nSPS) is 10.6. The number of hydrogen-bond donors (Lipinski definition) is 1. The lowest BCUT2D eigenvalue weighted by molar-refractivity contribution is 0.645. The minimum atomic E-state index is 0.713. The Morgan fingerprint density at radius 1 is 0.529 bits per heavy atom. The number of fused-ring (bicyclic) bond motifs is 10. The SMILES string of the molecule is CI.CI.Clc1cccc(-n2c3ccccc3c3c4ccccc4oc32)c1.Clc1cccc(I)c1.c1ccc2c(c1)[nH]c1oc3ccccc3c12. The summed E-state index contributed by atoms with van der Waals surface area (Å²) in [7, 11) is 0. The summed E-state index contributed by atoms with van der Waals surface area (Å²) in [6.45, 7) is 0. The first-order valence-corrected chi connectivity index (χ1v) is 21.9. The molecule has 10 rings (SSSR count). The molecule has 0 aliphatic heterocycles. The highest BCUT2D eigenvalue weighted by Crippen LogP contribution is 2.39. The second-order valence-corrected chi connectivity index (χ2v) is 13.1. The predicted octanol–water partition coefficient (Wildman–Crippen LogP) is 15.3. The number of para-hydroxylation sites is 4. The van der Waals surface area contributed by atoms with Crippen molar-refractivity contribution in [1.29, 1.82) is 0 Å². The number of benzene rings is 6. The van der Waals surface area contributed by atoms with Crippen molar-refractivity contribution in [2.75, 3.05) is 9.86 Å². The van der Waals surface area contributed by atoms with Crippen molar-refractivity contribution in [3.63, 3.8) is 0 Å². The molecule has 0 atom stereocenters. The van der Waals surface area contributed by atoms with Gasteiger partial charge in [-0.05, 0) is 93.1 Å². The van der Waals surface area contributed by atoms with Gasteiger partial charge in [0, 0.05) is 40.7 Å². The predicted molar refractivity (Wildman–Crippen MR) is 245 cm³/mol. The summed E-state index contributed by atoms with van der Waals surface area (Å²) in [6.07, 6.45) is 0. The Morgan fingerprint density at radius 2 is 1.08 bits per heavy atom. The van der Waals surface area contributed by atoms with Gasteiger partial charge in [-0.3, -0.25) is 4.57 Å². The van der Waals surface area contributed by atoms with E-state index in [1.165, 1.54) is 25.1 Å². The van der Waals surface area contributed by atoms with E-state index in [9.17, 15) is 0 Å². The topological polar surface area (TPSA) is 47.0 Å². The minimum Gasteiger partial charge on any atom is -0.440 e. The van der Waals surface area contributed by atoms with Crippen molar-refractivity contribution in [1.82, 2.24) is 9.55 Å². The third-order valence-corrected chi connectivity index (χ3v) is 9.23. The van der Waals surface area contributed by atoms with E-state index in [1.807, 2.05) is 107 Å². The highest BCUT2D eigenvalue weighted by Gasteiger charge is 2.18. The molecule has 0 spiro atoms. The molecule has 4 aromatic heterocycles. The second kappa shape index (κ2) is 17.5. The average Bonchev–Trinajstić information content (AvgIpc) is 3.91. The second-order valence-electron chi connectivity index (χ2n) is 11.0. The lowest BCUT2D eigenvalue weighted by Crippen LogP contribution is -1.92. The number of furan rings is 2. The molecule has 10 aromatic rings. The van der Waals surface area contributed by atoms with Crippen LogP contribution in [-0.2, 0) is 0 Å². The summed E-state index contributed by atoms with van der Waals surface area (Å²) in [5.41, 5.74) is 6.81. The maximum absolute atomic E-state index is 6.20. The van der Waals surface area contributed by atoms with Crippen molar-refractivity contribution >= 4 is 157 Å². The molecule has 0 fully saturated rings. The molecule has 256 valence electrons. The van der Waals surface area contributed by atoms with Gasteiger partial charge in [-0.25, -0.2) is 0 Å². The van der Waals surface area contributed by atoms with Crippen LogP contribution in [0.5, 0.6) is 0 Å². The molecule has 0 radical (unpaired) electrons. The number of aromatic nitrogens is 2. The van der Waals surface area contributed by atoms with Crippen LogP contribution in [0.2, 0.25) is 10.0 Å². The Bertz CT molecular complexity index is 2630. The lowest BCUT2D eigenvalue weighted by Gasteiger charge is -2.06. The third kappa shape index (κ3) is 7.92. The molecule has 4 nitrogen and oxygen atoms in total. The van der Waals surface area contributed by atoms with Gasteiger partial charge in [-0.1, -0.05) is 153 Å². The Kier molecular flexibility index (Phi) is 12.9. The minimum absolute atomic E-state index is 0.713. The Balaban J connectivity index is 0.000000139. The number of H-pyrrole nitrogens is 1. The molecule has 0 amide bonds. The first-order valence-electron chi connectivity index (χ1n) is 15.8. The van der Waals surface area contributed by atoms with Gasteiger partial charge >= 0.3 is 0 Å². The van der Waals surface area contributed by atoms with E-state index in [0.29, 0.717) is 5.02 Å². The summed E-state index contributed by atoms with van der Waals surface area (Å²) >= 11 is 18.4. The number of nitrogens with zero attached hydrogens (tertiary/aromatic N) is 1. The zero-order chi connectivity index (χ0) is 35.9. The van der Waals surface area contributed by atoms with Gasteiger partial charge in [-0.15, -0.1) is 0 Å². The molecule has 1 N–H and O–H groups in total. The van der Waals surface area contributed by atoms with Crippen molar-refractivity contribution in [2.45, 2.75) is 0 Å². The standard InChI is InChI=1S/C20H12ClNO.C14H9NO.C6H4ClI.2CH3I/c21-13-6-5-7-14(12-13)22-17-10-3-1-8-15(17)19-16-9-2-4-11-18(16)23-20(19)22;1-3-7-11-9(5-1)13-10-6-2-4-8-12(10)16-14(13)15-11;7-5-2-1-3-6(8)4-5;2*1-2/h1-12H;1-8,15H;1-4H;2*1H3. The summed E-state index contributed by atoms with van der Waals surface area (Å²) in [5, 5.41) is 8.58. The number of nitrogens with one attached hydrogen (secondary N) is 1. The molecule has 0 unspecified atom stereocenters. The van der Waals surface area contributed by atoms with Crippen LogP contribution in [0.25, 0.3) is 71.6 Å². The summed E-state index contributed by atoms with van der Waals surface area (Å²) in [5.74, 6) is 0. The fourth-order valence-electron chi connectivity index (χ4n) is 6.10. The molecule has 0 aliphatic rings. The Labute approximate surface area is 346 Å². The van der Waals surface area contributed by atoms with Crippen LogP contribution in [0, 0.1) is 3.57 Å². The third-order valence-electron chi connectivity index (χ3n) is 8.09. The van der Waals surface area contributed by atoms with Crippen LogP contribution in [0.4, 0.5) is 0 Å². The van der Waals surface area contributed by atoms with Gasteiger partial charge in [0.1, 0.15) is 11.2 Å². The van der Waals surface area contributed by atoms with Crippen molar-refractivity contribution < 1.29 is 8.83 Å². The number of alkyl halides is 2. The van der Waals surface area contributed by atoms with Gasteiger partial charge in [0.2, 0.25) is 11.4 Å². The fourth-order valence-corrected chi connectivity index (χ4v) is 7.21. The smallest absolute Gasteiger partial charge is 0.213 e. The van der Waals surface area contributed by atoms with Gasteiger partial charge in [-0.2, -0.15) is 0 Å². The van der Waals surface area contributed by atoms with Crippen molar-refractivity contribution in [3.8, 4) is 5.69 Å². The van der Waals surface area contributed by atoms with E-state index in [1.54, 1.807) is 0 Å². The molecule has 51 heavy (non-hydrogen) atoms. The summed E-state index contributed by atoms with van der Waals surface area (Å²) in [4.78, 5) is 7.24. The number of aromatic amines is 1. The van der Waals surface area contributed by atoms with E-state index in [2.05, 4.69) is 126 Å². The zero-order valence-corrected chi connectivity index (χ0v) is 35.5. The maximum atomic E-state index is 6.20. The maximum Gasteiger partial charge on any atom is 0.213 e. The number of rotatable bonds is 1. The van der Waals surface area contributed by atoms with Gasteiger partial charge in [0.25, 0.3) is 0 Å². The van der Waals surface area contributed by atoms with E-state index in [-0.39, 0.29) is 0 Å². The van der Waals surface area contributed by atoms with Crippen molar-refractivity contribution in [2.24, 2.45) is 0 Å². The van der Waals surface area contributed by atoms with Crippen LogP contribution >= 0.6 is 91.0 Å². The van der Waals surface area contributed by atoms with E-state index in [4.69, 9.17) is 32.0 Å². The molecule has 0 aliphatic carbocycles. The highest BCUT2D eigenvalue weighted by molar-refractivity contribution is 14.1. The molecule has 9 heteroatoms. The summed E-state index contributed by atoms with van der Waals surface area (Å²) < 4.78 is 15.3. The van der Waals surface area contributed by atoms with Crippen LogP contribution in [0.15, 0.2) is 154 Å². The molecule has 6 aromatic carbocycles. The van der Waals surface area contributed by atoms with Gasteiger partial charge in [0.15, 0.2) is 0 Å². The van der Waals surface area contributed by atoms with Crippen LogP contribution in [-0.4, -0.2) is 19.4 Å².